The molecule has 214 valence electrons. The van der Waals surface area contributed by atoms with Crippen LogP contribution < -0.4 is 10.9 Å². The number of benzene rings is 2. The second-order valence-corrected chi connectivity index (χ2v) is 10.6. The molecule has 3 aromatic heterocycles. The lowest BCUT2D eigenvalue weighted by Crippen LogP contribution is -2.26. The summed E-state index contributed by atoms with van der Waals surface area (Å²) in [5.74, 6) is -0.673. The van der Waals surface area contributed by atoms with Crippen LogP contribution in [0.25, 0.3) is 28.2 Å². The van der Waals surface area contributed by atoms with Crippen LogP contribution in [0.1, 0.15) is 44.3 Å². The SMILES string of the molecule is CC1CCCC(n2cnc(-c3cc(Cl)ccc3-n3ccnn3)cc2=O)c2cccc(c2)-c2c(cnn2C(F)F)NC1=O. The molecule has 1 aliphatic heterocycles. The third kappa shape index (κ3) is 5.20. The number of aromatic nitrogens is 7. The van der Waals surface area contributed by atoms with Gasteiger partial charge in [-0.15, -0.1) is 5.10 Å². The number of halogens is 3. The number of amides is 1. The highest BCUT2D eigenvalue weighted by atomic mass is 35.5. The van der Waals surface area contributed by atoms with E-state index in [1.54, 1.807) is 60.4 Å². The largest absolute Gasteiger partial charge is 0.333 e. The van der Waals surface area contributed by atoms with Gasteiger partial charge in [-0.1, -0.05) is 48.4 Å². The Morgan fingerprint density at radius 3 is 2.71 bits per heavy atom. The Kier molecular flexibility index (Phi) is 7.38. The van der Waals surface area contributed by atoms with Crippen LogP contribution in [0.5, 0.6) is 0 Å². The summed E-state index contributed by atoms with van der Waals surface area (Å²) in [7, 11) is 0. The Balaban J connectivity index is 1.45. The minimum atomic E-state index is -2.91. The van der Waals surface area contributed by atoms with Crippen LogP contribution in [0, 0.1) is 5.92 Å². The molecule has 0 saturated carbocycles. The molecule has 0 spiro atoms. The summed E-state index contributed by atoms with van der Waals surface area (Å²) >= 11 is 6.29. The first-order chi connectivity index (χ1) is 20.3. The second kappa shape index (κ2) is 11.3. The number of rotatable bonds is 4. The van der Waals surface area contributed by atoms with Crippen LogP contribution in [-0.2, 0) is 4.79 Å². The molecule has 2 aromatic carbocycles. The van der Waals surface area contributed by atoms with Crippen LogP contribution in [0.4, 0.5) is 14.5 Å². The zero-order valence-corrected chi connectivity index (χ0v) is 23.1. The Morgan fingerprint density at radius 2 is 1.95 bits per heavy atom. The van der Waals surface area contributed by atoms with Gasteiger partial charge in [-0.25, -0.2) is 14.3 Å². The van der Waals surface area contributed by atoms with Gasteiger partial charge >= 0.3 is 6.55 Å². The zero-order valence-electron chi connectivity index (χ0n) is 22.4. The van der Waals surface area contributed by atoms with E-state index in [1.165, 1.54) is 23.2 Å². The standard InChI is InChI=1S/C29H25ClF2N8O2/c1-17-4-2-7-24(18-5-3-6-19(12-18)27-23(36-28(17)42)15-35-40(27)29(31)32)38-16-33-22(14-26(38)41)21-13-20(30)8-9-25(21)39-11-10-34-37-39/h3,5-6,8-17,24,29H,2,4,7H2,1H3,(H,36,42). The highest BCUT2D eigenvalue weighted by Crippen LogP contribution is 2.36. The molecule has 0 radical (unpaired) electrons. The Morgan fingerprint density at radius 1 is 1.10 bits per heavy atom. The number of fused-ring (bicyclic) bond motifs is 4. The molecule has 0 fully saturated rings. The number of anilines is 1. The summed E-state index contributed by atoms with van der Waals surface area (Å²) in [6, 6.07) is 13.2. The Hall–Kier alpha value is -4.71. The fraction of sp³-hybridized carbons (Fsp3) is 0.241. The minimum Gasteiger partial charge on any atom is -0.323 e. The van der Waals surface area contributed by atoms with Crippen molar-refractivity contribution in [2.75, 3.05) is 5.32 Å². The van der Waals surface area contributed by atoms with Gasteiger partial charge in [0.25, 0.3) is 5.56 Å². The van der Waals surface area contributed by atoms with Gasteiger partial charge in [-0.3, -0.25) is 14.2 Å². The molecule has 2 bridgehead atoms. The summed E-state index contributed by atoms with van der Waals surface area (Å²) in [5, 5.41) is 15.0. The van der Waals surface area contributed by atoms with Crippen molar-refractivity contribution in [2.45, 2.75) is 38.8 Å². The molecule has 6 rings (SSSR count). The average molecular weight is 591 g/mol. The number of hydrogen-bond acceptors (Lipinski definition) is 6. The van der Waals surface area contributed by atoms with Crippen molar-refractivity contribution in [3.8, 4) is 28.2 Å². The maximum absolute atomic E-state index is 13.9. The Bertz CT molecular complexity index is 1820. The first-order valence-corrected chi connectivity index (χ1v) is 13.7. The molecule has 10 nitrogen and oxygen atoms in total. The second-order valence-electron chi connectivity index (χ2n) is 10.1. The van der Waals surface area contributed by atoms with Gasteiger partial charge in [0, 0.05) is 28.1 Å². The van der Waals surface area contributed by atoms with Crippen molar-refractivity contribution in [2.24, 2.45) is 5.92 Å². The van der Waals surface area contributed by atoms with E-state index in [-0.39, 0.29) is 28.8 Å². The third-order valence-corrected chi connectivity index (χ3v) is 7.66. The monoisotopic (exact) mass is 590 g/mol. The lowest BCUT2D eigenvalue weighted by molar-refractivity contribution is -0.119. The predicted octanol–water partition coefficient (Wildman–Crippen LogP) is 5.75. The number of nitrogens with zero attached hydrogens (tertiary/aromatic N) is 7. The van der Waals surface area contributed by atoms with E-state index in [9.17, 15) is 18.4 Å². The van der Waals surface area contributed by atoms with E-state index >= 15 is 0 Å². The van der Waals surface area contributed by atoms with E-state index in [2.05, 4.69) is 25.7 Å². The smallest absolute Gasteiger partial charge is 0.323 e. The molecule has 0 aliphatic carbocycles. The van der Waals surface area contributed by atoms with Crippen LogP contribution in [0.3, 0.4) is 0 Å². The summed E-state index contributed by atoms with van der Waals surface area (Å²) < 4.78 is 31.5. The quantitative estimate of drug-likeness (QED) is 0.285. The van der Waals surface area contributed by atoms with Crippen molar-refractivity contribution >= 4 is 23.2 Å². The zero-order chi connectivity index (χ0) is 29.4. The molecule has 0 saturated heterocycles. The maximum atomic E-state index is 13.9. The maximum Gasteiger partial charge on any atom is 0.333 e. The first-order valence-electron chi connectivity index (χ1n) is 13.3. The van der Waals surface area contributed by atoms with Gasteiger partial charge in [0.15, 0.2) is 0 Å². The predicted molar refractivity (Wildman–Crippen MR) is 153 cm³/mol. The Labute approximate surface area is 243 Å². The molecular formula is C29H25ClF2N8O2. The number of carbonyl (C=O) groups excluding carboxylic acids is 1. The fourth-order valence-corrected chi connectivity index (χ4v) is 5.47. The normalized spacial score (nSPS) is 17.3. The number of carbonyl (C=O) groups is 1. The van der Waals surface area contributed by atoms with Gasteiger partial charge in [-0.05, 0) is 42.7 Å². The summed E-state index contributed by atoms with van der Waals surface area (Å²) in [4.78, 5) is 31.2. The summed E-state index contributed by atoms with van der Waals surface area (Å²) in [5.41, 5.74) is 2.82. The van der Waals surface area contributed by atoms with E-state index < -0.39 is 12.6 Å². The van der Waals surface area contributed by atoms with Crippen LogP contribution in [-0.4, -0.2) is 40.2 Å². The lowest BCUT2D eigenvalue weighted by atomic mass is 9.94. The molecule has 5 aromatic rings. The van der Waals surface area contributed by atoms with Gasteiger partial charge in [0.1, 0.15) is 0 Å². The molecule has 1 amide bonds. The topological polar surface area (TPSA) is 113 Å². The van der Waals surface area contributed by atoms with Crippen LogP contribution in [0.2, 0.25) is 5.02 Å². The molecule has 1 N–H and O–H groups in total. The van der Waals surface area contributed by atoms with Crippen LogP contribution >= 0.6 is 11.6 Å². The van der Waals surface area contributed by atoms with Crippen molar-refractivity contribution in [3.05, 3.63) is 94.4 Å². The highest BCUT2D eigenvalue weighted by molar-refractivity contribution is 6.31. The van der Waals surface area contributed by atoms with Gasteiger partial charge < -0.3 is 5.32 Å². The fourth-order valence-electron chi connectivity index (χ4n) is 5.29. The van der Waals surface area contributed by atoms with Crippen molar-refractivity contribution in [1.82, 2.24) is 34.3 Å². The van der Waals surface area contributed by atoms with E-state index in [4.69, 9.17) is 11.6 Å². The number of nitrogens with one attached hydrogen (secondary N) is 1. The summed E-state index contributed by atoms with van der Waals surface area (Å²) in [6.45, 7) is -1.13. The number of hydrogen-bond donors (Lipinski definition) is 1. The van der Waals surface area contributed by atoms with E-state index in [0.717, 1.165) is 5.56 Å². The molecule has 2 atom stereocenters. The van der Waals surface area contributed by atoms with E-state index in [0.29, 0.717) is 51.5 Å². The van der Waals surface area contributed by atoms with Crippen molar-refractivity contribution in [3.63, 3.8) is 0 Å². The average Bonchev–Trinajstić information content (AvgIpc) is 3.66. The molecule has 1 aliphatic rings. The van der Waals surface area contributed by atoms with Crippen molar-refractivity contribution in [1.29, 1.82) is 0 Å². The van der Waals surface area contributed by atoms with E-state index in [1.807, 2.05) is 6.07 Å². The third-order valence-electron chi connectivity index (χ3n) is 7.42. The summed E-state index contributed by atoms with van der Waals surface area (Å²) in [6.07, 6.45) is 7.62. The molecule has 4 heterocycles. The molecule has 2 unspecified atom stereocenters. The van der Waals surface area contributed by atoms with Crippen LogP contribution in [0.15, 0.2) is 78.2 Å². The minimum absolute atomic E-state index is 0.0918. The molecule has 42 heavy (non-hydrogen) atoms. The number of alkyl halides is 2. The molecule has 13 heteroatoms. The highest BCUT2D eigenvalue weighted by Gasteiger charge is 2.25. The van der Waals surface area contributed by atoms with Crippen molar-refractivity contribution < 1.29 is 13.6 Å². The van der Waals surface area contributed by atoms with Gasteiger partial charge in [0.2, 0.25) is 5.91 Å². The van der Waals surface area contributed by atoms with Gasteiger partial charge in [-0.2, -0.15) is 13.9 Å². The first kappa shape index (κ1) is 27.5. The lowest BCUT2D eigenvalue weighted by Gasteiger charge is -2.23. The van der Waals surface area contributed by atoms with Gasteiger partial charge in [0.05, 0.1) is 53.7 Å². The molecular weight excluding hydrogens is 566 g/mol.